The molecule has 0 spiro atoms. The summed E-state index contributed by atoms with van der Waals surface area (Å²) < 4.78 is 0. The monoisotopic (exact) mass is 101 g/mol. The summed E-state index contributed by atoms with van der Waals surface area (Å²) in [5, 5.41) is 8.29. The van der Waals surface area contributed by atoms with Crippen molar-refractivity contribution in [3.8, 4) is 0 Å². The highest BCUT2D eigenvalue weighted by molar-refractivity contribution is 5.81. The molecule has 0 aliphatic heterocycles. The van der Waals surface area contributed by atoms with Crippen LogP contribution in [0.25, 0.3) is 0 Å². The maximum absolute atomic E-state index is 8.29. The van der Waals surface area contributed by atoms with E-state index in [4.69, 9.17) is 5.11 Å². The SMILES string of the molecule is CN=C(C)CCO. The molecule has 2 heteroatoms. The number of aliphatic imine (C=N–C) groups is 1. The van der Waals surface area contributed by atoms with E-state index in [9.17, 15) is 0 Å². The Hall–Kier alpha value is -0.370. The van der Waals surface area contributed by atoms with Gasteiger partial charge in [0.25, 0.3) is 0 Å². The lowest BCUT2D eigenvalue weighted by molar-refractivity contribution is 0.307. The highest BCUT2D eigenvalue weighted by Crippen LogP contribution is 1.80. The Kier molecular flexibility index (Phi) is 3.61. The zero-order valence-electron chi connectivity index (χ0n) is 4.81. The second-order valence-corrected chi connectivity index (χ2v) is 1.43. The van der Waals surface area contributed by atoms with Crippen molar-refractivity contribution in [2.45, 2.75) is 13.3 Å². The second kappa shape index (κ2) is 3.81. The van der Waals surface area contributed by atoms with Crippen LogP contribution in [0, 0.1) is 0 Å². The fourth-order valence-electron chi connectivity index (χ4n) is 0.274. The lowest BCUT2D eigenvalue weighted by Gasteiger charge is -1.89. The van der Waals surface area contributed by atoms with Crippen LogP contribution < -0.4 is 0 Å². The van der Waals surface area contributed by atoms with E-state index in [1.54, 1.807) is 7.05 Å². The molecule has 0 heterocycles. The number of aliphatic hydroxyl groups excluding tert-OH is 1. The van der Waals surface area contributed by atoms with E-state index in [0.717, 1.165) is 5.71 Å². The predicted molar refractivity (Wildman–Crippen MR) is 30.7 cm³/mol. The van der Waals surface area contributed by atoms with Gasteiger partial charge in [-0.15, -0.1) is 0 Å². The van der Waals surface area contributed by atoms with Crippen LogP contribution >= 0.6 is 0 Å². The van der Waals surface area contributed by atoms with Gasteiger partial charge < -0.3 is 5.11 Å². The molecule has 0 aromatic rings. The van der Waals surface area contributed by atoms with Gasteiger partial charge in [0, 0.05) is 25.8 Å². The molecule has 0 saturated heterocycles. The Morgan fingerprint density at radius 2 is 2.29 bits per heavy atom. The molecule has 0 unspecified atom stereocenters. The number of hydrogen-bond acceptors (Lipinski definition) is 2. The van der Waals surface area contributed by atoms with Gasteiger partial charge in [-0.2, -0.15) is 0 Å². The minimum atomic E-state index is 0.211. The Morgan fingerprint density at radius 3 is 2.43 bits per heavy atom. The van der Waals surface area contributed by atoms with Crippen molar-refractivity contribution in [1.82, 2.24) is 0 Å². The van der Waals surface area contributed by atoms with Crippen LogP contribution in [0.3, 0.4) is 0 Å². The van der Waals surface area contributed by atoms with Gasteiger partial charge >= 0.3 is 0 Å². The van der Waals surface area contributed by atoms with Crippen molar-refractivity contribution in [3.63, 3.8) is 0 Å². The maximum Gasteiger partial charge on any atom is 0.0483 e. The average molecular weight is 101 g/mol. The topological polar surface area (TPSA) is 32.6 Å². The van der Waals surface area contributed by atoms with E-state index >= 15 is 0 Å². The van der Waals surface area contributed by atoms with Gasteiger partial charge in [0.05, 0.1) is 0 Å². The molecule has 1 N–H and O–H groups in total. The van der Waals surface area contributed by atoms with Crippen LogP contribution in [0.4, 0.5) is 0 Å². The van der Waals surface area contributed by atoms with Crippen molar-refractivity contribution in [3.05, 3.63) is 0 Å². The van der Waals surface area contributed by atoms with E-state index in [0.29, 0.717) is 6.42 Å². The molecule has 42 valence electrons. The lowest BCUT2D eigenvalue weighted by atomic mass is 10.3. The molecule has 2 nitrogen and oxygen atoms in total. The molecule has 0 aliphatic carbocycles. The molecule has 0 aliphatic rings. The van der Waals surface area contributed by atoms with Gasteiger partial charge in [0.1, 0.15) is 0 Å². The maximum atomic E-state index is 8.29. The van der Waals surface area contributed by atoms with Crippen LogP contribution in [-0.2, 0) is 0 Å². The van der Waals surface area contributed by atoms with Crippen molar-refractivity contribution in [1.29, 1.82) is 0 Å². The summed E-state index contributed by atoms with van der Waals surface area (Å²) in [4.78, 5) is 3.83. The van der Waals surface area contributed by atoms with Gasteiger partial charge in [0.2, 0.25) is 0 Å². The molecule has 7 heavy (non-hydrogen) atoms. The fraction of sp³-hybridized carbons (Fsp3) is 0.800. The third-order valence-electron chi connectivity index (χ3n) is 0.855. The van der Waals surface area contributed by atoms with E-state index in [1.807, 2.05) is 6.92 Å². The van der Waals surface area contributed by atoms with Crippen LogP contribution in [-0.4, -0.2) is 24.5 Å². The zero-order valence-corrected chi connectivity index (χ0v) is 4.81. The minimum absolute atomic E-state index is 0.211. The summed E-state index contributed by atoms with van der Waals surface area (Å²) >= 11 is 0. The number of hydrogen-bond donors (Lipinski definition) is 1. The van der Waals surface area contributed by atoms with Crippen molar-refractivity contribution in [2.24, 2.45) is 4.99 Å². The third-order valence-corrected chi connectivity index (χ3v) is 0.855. The van der Waals surface area contributed by atoms with Gasteiger partial charge in [-0.3, -0.25) is 4.99 Å². The van der Waals surface area contributed by atoms with Crippen LogP contribution in [0.2, 0.25) is 0 Å². The fourth-order valence-corrected chi connectivity index (χ4v) is 0.274. The molecule has 0 aromatic carbocycles. The Labute approximate surface area is 43.9 Å². The summed E-state index contributed by atoms with van der Waals surface area (Å²) in [7, 11) is 1.73. The molecule has 0 amide bonds. The molecule has 0 radical (unpaired) electrons. The standard InChI is InChI=1S/C5H11NO/c1-5(6-2)3-4-7/h7H,3-4H2,1-2H3. The van der Waals surface area contributed by atoms with Crippen molar-refractivity contribution >= 4 is 5.71 Å². The summed E-state index contributed by atoms with van der Waals surface area (Å²) in [5.41, 5.74) is 1.00. The molecule has 0 atom stereocenters. The quantitative estimate of drug-likeness (QED) is 0.503. The molecule has 0 fully saturated rings. The normalized spacial score (nSPS) is 12.1. The first-order valence-corrected chi connectivity index (χ1v) is 2.34. The Balaban J connectivity index is 3.17. The summed E-state index contributed by atoms with van der Waals surface area (Å²) in [6.45, 7) is 2.11. The van der Waals surface area contributed by atoms with Crippen LogP contribution in [0.1, 0.15) is 13.3 Å². The van der Waals surface area contributed by atoms with E-state index in [1.165, 1.54) is 0 Å². The second-order valence-electron chi connectivity index (χ2n) is 1.43. The molecule has 0 aromatic heterocycles. The number of rotatable bonds is 2. The molecular formula is C5H11NO. The van der Waals surface area contributed by atoms with Crippen LogP contribution in [0.5, 0.6) is 0 Å². The largest absolute Gasteiger partial charge is 0.396 e. The van der Waals surface area contributed by atoms with Crippen molar-refractivity contribution in [2.75, 3.05) is 13.7 Å². The first kappa shape index (κ1) is 6.63. The summed E-state index contributed by atoms with van der Waals surface area (Å²) in [5.74, 6) is 0. The third kappa shape index (κ3) is 3.46. The van der Waals surface area contributed by atoms with E-state index < -0.39 is 0 Å². The number of nitrogens with zero attached hydrogens (tertiary/aromatic N) is 1. The first-order valence-electron chi connectivity index (χ1n) is 2.34. The highest BCUT2D eigenvalue weighted by Gasteiger charge is 1.82. The zero-order chi connectivity index (χ0) is 5.70. The van der Waals surface area contributed by atoms with Crippen molar-refractivity contribution < 1.29 is 5.11 Å². The molecular weight excluding hydrogens is 90.1 g/mol. The van der Waals surface area contributed by atoms with Gasteiger partial charge in [-0.05, 0) is 6.92 Å². The van der Waals surface area contributed by atoms with Gasteiger partial charge in [-0.1, -0.05) is 0 Å². The minimum Gasteiger partial charge on any atom is -0.396 e. The highest BCUT2D eigenvalue weighted by atomic mass is 16.2. The molecule has 0 saturated carbocycles. The van der Waals surface area contributed by atoms with E-state index in [-0.39, 0.29) is 6.61 Å². The summed E-state index contributed by atoms with van der Waals surface area (Å²) in [6, 6.07) is 0. The summed E-state index contributed by atoms with van der Waals surface area (Å²) in [6.07, 6.45) is 0.705. The molecule has 0 rings (SSSR count). The molecule has 0 bridgehead atoms. The van der Waals surface area contributed by atoms with Gasteiger partial charge in [-0.25, -0.2) is 0 Å². The number of aliphatic hydroxyl groups is 1. The Bertz CT molecular complexity index is 68.5. The van der Waals surface area contributed by atoms with Gasteiger partial charge in [0.15, 0.2) is 0 Å². The lowest BCUT2D eigenvalue weighted by Crippen LogP contribution is -1.93. The Morgan fingerprint density at radius 1 is 1.71 bits per heavy atom. The smallest absolute Gasteiger partial charge is 0.0483 e. The average Bonchev–Trinajstić information content (AvgIpc) is 1.68. The van der Waals surface area contributed by atoms with E-state index in [2.05, 4.69) is 4.99 Å². The predicted octanol–water partition coefficient (Wildman–Crippen LogP) is 0.460. The van der Waals surface area contributed by atoms with Crippen LogP contribution in [0.15, 0.2) is 4.99 Å². The first-order chi connectivity index (χ1) is 3.31.